The van der Waals surface area contributed by atoms with E-state index in [1.165, 1.54) is 4.88 Å². The van der Waals surface area contributed by atoms with Crippen molar-refractivity contribution in [2.45, 2.75) is 25.4 Å². The fourth-order valence-electron chi connectivity index (χ4n) is 2.94. The number of thiophene rings is 1. The number of carbonyl (C=O) groups is 1. The lowest BCUT2D eigenvalue weighted by Crippen LogP contribution is -2.53. The smallest absolute Gasteiger partial charge is 0.317 e. The van der Waals surface area contributed by atoms with E-state index in [4.69, 9.17) is 4.74 Å². The molecule has 0 aliphatic carbocycles. The highest BCUT2D eigenvalue weighted by Gasteiger charge is 2.36. The first kappa shape index (κ1) is 17.0. The molecule has 1 aliphatic rings. The van der Waals surface area contributed by atoms with Gasteiger partial charge in [0.2, 0.25) is 0 Å². The van der Waals surface area contributed by atoms with E-state index in [1.54, 1.807) is 22.2 Å². The normalized spacial score (nSPS) is 22.4. The van der Waals surface area contributed by atoms with Crippen molar-refractivity contribution in [1.82, 2.24) is 20.0 Å². The highest BCUT2D eigenvalue weighted by atomic mass is 32.1. The number of amides is 2. The number of urea groups is 1. The number of aryl methyl sites for hydroxylation is 1. The molecule has 6 nitrogen and oxygen atoms in total. The zero-order valence-corrected chi connectivity index (χ0v) is 15.2. The number of aromatic nitrogens is 2. The summed E-state index contributed by atoms with van der Waals surface area (Å²) < 4.78 is 7.71. The molecule has 2 atom stereocenters. The highest BCUT2D eigenvalue weighted by Crippen LogP contribution is 2.29. The molecule has 0 radical (unpaired) electrons. The SMILES string of the molecule is C[C@H](CNC(=O)N1CCO[C@@](C)(c2cnn(C)c2)C1)c1cccs1. The van der Waals surface area contributed by atoms with Gasteiger partial charge in [0, 0.05) is 42.7 Å². The van der Waals surface area contributed by atoms with Gasteiger partial charge in [-0.1, -0.05) is 13.0 Å². The Morgan fingerprint density at radius 1 is 1.58 bits per heavy atom. The lowest BCUT2D eigenvalue weighted by atomic mass is 9.97. The topological polar surface area (TPSA) is 59.4 Å². The summed E-state index contributed by atoms with van der Waals surface area (Å²) in [5.41, 5.74) is 0.484. The number of rotatable bonds is 4. The number of nitrogens with zero attached hydrogens (tertiary/aromatic N) is 3. The van der Waals surface area contributed by atoms with E-state index in [2.05, 4.69) is 28.8 Å². The van der Waals surface area contributed by atoms with Crippen LogP contribution < -0.4 is 5.32 Å². The molecule has 2 amide bonds. The predicted octanol–water partition coefficient (Wildman–Crippen LogP) is 2.54. The van der Waals surface area contributed by atoms with Crippen molar-refractivity contribution >= 4 is 17.4 Å². The summed E-state index contributed by atoms with van der Waals surface area (Å²) in [5.74, 6) is 0.319. The van der Waals surface area contributed by atoms with Gasteiger partial charge in [0.15, 0.2) is 0 Å². The number of hydrogen-bond acceptors (Lipinski definition) is 4. The minimum Gasteiger partial charge on any atom is -0.367 e. The van der Waals surface area contributed by atoms with Crippen LogP contribution in [0.4, 0.5) is 4.79 Å². The van der Waals surface area contributed by atoms with Crippen molar-refractivity contribution in [3.05, 3.63) is 40.3 Å². The lowest BCUT2D eigenvalue weighted by molar-refractivity contribution is -0.0906. The van der Waals surface area contributed by atoms with Gasteiger partial charge in [0.05, 0.1) is 19.3 Å². The molecule has 0 spiro atoms. The second-order valence-corrected chi connectivity index (χ2v) is 7.49. The minimum atomic E-state index is -0.511. The summed E-state index contributed by atoms with van der Waals surface area (Å²) in [6.45, 7) is 6.44. The van der Waals surface area contributed by atoms with Crippen LogP contribution in [-0.4, -0.2) is 47.0 Å². The number of ether oxygens (including phenoxy) is 1. The van der Waals surface area contributed by atoms with E-state index in [-0.39, 0.29) is 6.03 Å². The first-order chi connectivity index (χ1) is 11.5. The van der Waals surface area contributed by atoms with Crippen molar-refractivity contribution < 1.29 is 9.53 Å². The van der Waals surface area contributed by atoms with Crippen LogP contribution in [0.3, 0.4) is 0 Å². The van der Waals surface area contributed by atoms with Gasteiger partial charge in [-0.3, -0.25) is 4.68 Å². The average molecular weight is 348 g/mol. The third kappa shape index (κ3) is 3.62. The summed E-state index contributed by atoms with van der Waals surface area (Å²) >= 11 is 1.72. The zero-order valence-electron chi connectivity index (χ0n) is 14.4. The molecule has 1 saturated heterocycles. The van der Waals surface area contributed by atoms with Gasteiger partial charge in [-0.25, -0.2) is 4.79 Å². The highest BCUT2D eigenvalue weighted by molar-refractivity contribution is 7.10. The molecular weight excluding hydrogens is 324 g/mol. The van der Waals surface area contributed by atoms with E-state index < -0.39 is 5.60 Å². The molecule has 130 valence electrons. The Balaban J connectivity index is 1.59. The Labute approximate surface area is 146 Å². The van der Waals surface area contributed by atoms with E-state index in [1.807, 2.05) is 31.1 Å². The first-order valence-corrected chi connectivity index (χ1v) is 9.05. The Morgan fingerprint density at radius 3 is 3.08 bits per heavy atom. The van der Waals surface area contributed by atoms with E-state index >= 15 is 0 Å². The van der Waals surface area contributed by atoms with Crippen LogP contribution in [-0.2, 0) is 17.4 Å². The number of hydrogen-bond donors (Lipinski definition) is 1. The van der Waals surface area contributed by atoms with Crippen molar-refractivity contribution in [2.75, 3.05) is 26.2 Å². The monoisotopic (exact) mass is 348 g/mol. The molecule has 1 fully saturated rings. The summed E-state index contributed by atoms with van der Waals surface area (Å²) in [4.78, 5) is 15.7. The maximum atomic E-state index is 12.5. The van der Waals surface area contributed by atoms with Crippen molar-refractivity contribution in [3.8, 4) is 0 Å². The van der Waals surface area contributed by atoms with E-state index in [0.29, 0.717) is 32.2 Å². The van der Waals surface area contributed by atoms with Crippen LogP contribution in [0.5, 0.6) is 0 Å². The maximum absolute atomic E-state index is 12.5. The standard InChI is InChI=1S/C17H24N4O2S/c1-13(15-5-4-8-24-15)9-18-16(22)21-6-7-23-17(2,12-21)14-10-19-20(3)11-14/h4-5,8,10-11,13H,6-7,9,12H2,1-3H3,(H,18,22)/t13-,17-/m1/s1. The second kappa shape index (κ2) is 6.94. The molecule has 2 aromatic rings. The van der Waals surface area contributed by atoms with Gasteiger partial charge in [-0.2, -0.15) is 5.10 Å². The molecule has 0 aromatic carbocycles. The van der Waals surface area contributed by atoms with Gasteiger partial charge in [-0.15, -0.1) is 11.3 Å². The molecule has 0 unspecified atom stereocenters. The molecule has 3 heterocycles. The predicted molar refractivity (Wildman–Crippen MR) is 94.2 cm³/mol. The Hall–Kier alpha value is -1.86. The second-order valence-electron chi connectivity index (χ2n) is 6.51. The fourth-order valence-corrected chi connectivity index (χ4v) is 3.72. The quantitative estimate of drug-likeness (QED) is 0.924. The molecule has 0 saturated carbocycles. The third-order valence-corrected chi connectivity index (χ3v) is 5.57. The molecule has 1 aliphatic heterocycles. The average Bonchev–Trinajstić information content (AvgIpc) is 3.24. The summed E-state index contributed by atoms with van der Waals surface area (Å²) in [5, 5.41) is 9.33. The Bertz CT molecular complexity index is 685. The molecule has 1 N–H and O–H groups in total. The molecule has 7 heteroatoms. The third-order valence-electron chi connectivity index (χ3n) is 4.47. The van der Waals surface area contributed by atoms with Crippen LogP contribution >= 0.6 is 11.3 Å². The van der Waals surface area contributed by atoms with Crippen molar-refractivity contribution in [1.29, 1.82) is 0 Å². The van der Waals surface area contributed by atoms with Gasteiger partial charge >= 0.3 is 6.03 Å². The molecule has 3 rings (SSSR count). The molecule has 2 aromatic heterocycles. The van der Waals surface area contributed by atoms with Crippen molar-refractivity contribution in [3.63, 3.8) is 0 Å². The minimum absolute atomic E-state index is 0.0307. The van der Waals surface area contributed by atoms with E-state index in [0.717, 1.165) is 5.56 Å². The molecule has 24 heavy (non-hydrogen) atoms. The largest absolute Gasteiger partial charge is 0.367 e. The Morgan fingerprint density at radius 2 is 2.42 bits per heavy atom. The van der Waals surface area contributed by atoms with Gasteiger partial charge in [0.1, 0.15) is 5.60 Å². The van der Waals surface area contributed by atoms with Crippen molar-refractivity contribution in [2.24, 2.45) is 7.05 Å². The zero-order chi connectivity index (χ0) is 17.2. The Kier molecular flexibility index (Phi) is 4.91. The van der Waals surface area contributed by atoms with Crippen LogP contribution in [0.25, 0.3) is 0 Å². The first-order valence-electron chi connectivity index (χ1n) is 8.17. The van der Waals surface area contributed by atoms with Crippen LogP contribution in [0, 0.1) is 0 Å². The van der Waals surface area contributed by atoms with Crippen LogP contribution in [0.2, 0.25) is 0 Å². The van der Waals surface area contributed by atoms with Gasteiger partial charge in [-0.05, 0) is 18.4 Å². The number of carbonyl (C=O) groups excluding carboxylic acids is 1. The summed E-state index contributed by atoms with van der Waals surface area (Å²) in [6, 6.07) is 4.12. The van der Waals surface area contributed by atoms with Gasteiger partial charge < -0.3 is 15.0 Å². The summed E-state index contributed by atoms with van der Waals surface area (Å²) in [7, 11) is 1.88. The van der Waals surface area contributed by atoms with E-state index in [9.17, 15) is 4.79 Å². The maximum Gasteiger partial charge on any atom is 0.317 e. The summed E-state index contributed by atoms with van der Waals surface area (Å²) in [6.07, 6.45) is 3.75. The fraction of sp³-hybridized carbons (Fsp3) is 0.529. The molecular formula is C17H24N4O2S. The number of morpholine rings is 1. The van der Waals surface area contributed by atoms with Gasteiger partial charge in [0.25, 0.3) is 0 Å². The lowest BCUT2D eigenvalue weighted by Gasteiger charge is -2.40. The number of nitrogens with one attached hydrogen (secondary N) is 1. The van der Waals surface area contributed by atoms with Crippen LogP contribution in [0.15, 0.2) is 29.9 Å². The van der Waals surface area contributed by atoms with Crippen LogP contribution in [0.1, 0.15) is 30.2 Å². The molecule has 0 bridgehead atoms.